The minimum absolute atomic E-state index is 1.04. The maximum Gasteiger partial charge on any atom is 0.0986 e. The van der Waals surface area contributed by atoms with Gasteiger partial charge in [0.15, 0.2) is 0 Å². The van der Waals surface area contributed by atoms with Crippen LogP contribution in [0.5, 0.6) is 0 Å². The number of aliphatic imine (C=N–C) groups is 1. The van der Waals surface area contributed by atoms with Crippen molar-refractivity contribution in [3.63, 3.8) is 0 Å². The van der Waals surface area contributed by atoms with E-state index in [0.717, 1.165) is 13.1 Å². The van der Waals surface area contributed by atoms with Crippen LogP contribution in [0.2, 0.25) is 0 Å². The molecule has 0 spiro atoms. The first-order valence-electron chi connectivity index (χ1n) is 3.59. The van der Waals surface area contributed by atoms with E-state index < -0.39 is 0 Å². The lowest BCUT2D eigenvalue weighted by Gasteiger charge is -2.15. The van der Waals surface area contributed by atoms with E-state index in [1.807, 2.05) is 0 Å². The molecule has 0 aromatic rings. The van der Waals surface area contributed by atoms with Crippen LogP contribution >= 0.6 is 0 Å². The lowest BCUT2D eigenvalue weighted by Crippen LogP contribution is -2.24. The summed E-state index contributed by atoms with van der Waals surface area (Å²) in [5.41, 5.74) is 0. The van der Waals surface area contributed by atoms with Crippen LogP contribution in [0.3, 0.4) is 0 Å². The fourth-order valence-corrected chi connectivity index (χ4v) is 1.02. The normalized spacial score (nSPS) is 17.8. The lowest BCUT2D eigenvalue weighted by atomic mass is 10.3. The zero-order chi connectivity index (χ0) is 6.69. The first-order valence-corrected chi connectivity index (χ1v) is 3.59. The SMILES string of the molecule is CCN(C)C1=NCCC1. The highest BCUT2D eigenvalue weighted by molar-refractivity contribution is 5.83. The highest BCUT2D eigenvalue weighted by atomic mass is 15.2. The predicted molar refractivity (Wildman–Crippen MR) is 39.8 cm³/mol. The van der Waals surface area contributed by atoms with Crippen LogP contribution in [0, 0.1) is 0 Å². The number of hydrogen-bond donors (Lipinski definition) is 0. The van der Waals surface area contributed by atoms with Crippen molar-refractivity contribution in [2.45, 2.75) is 19.8 Å². The molecule has 1 aliphatic rings. The molecule has 1 aliphatic heterocycles. The second-order valence-electron chi connectivity index (χ2n) is 2.42. The van der Waals surface area contributed by atoms with Crippen molar-refractivity contribution in [3.05, 3.63) is 0 Å². The smallest absolute Gasteiger partial charge is 0.0986 e. The lowest BCUT2D eigenvalue weighted by molar-refractivity contribution is 0.527. The summed E-state index contributed by atoms with van der Waals surface area (Å²) in [4.78, 5) is 6.56. The zero-order valence-corrected chi connectivity index (χ0v) is 6.22. The van der Waals surface area contributed by atoms with Gasteiger partial charge in [0, 0.05) is 26.6 Å². The minimum Gasteiger partial charge on any atom is -0.364 e. The molecule has 0 aromatic carbocycles. The second kappa shape index (κ2) is 2.85. The van der Waals surface area contributed by atoms with Gasteiger partial charge in [-0.05, 0) is 13.3 Å². The summed E-state index contributed by atoms with van der Waals surface area (Å²) >= 11 is 0. The molecule has 0 bridgehead atoms. The standard InChI is InChI=1S/C7H14N2/c1-3-9(2)7-5-4-6-8-7/h3-6H2,1-2H3. The van der Waals surface area contributed by atoms with Gasteiger partial charge in [0.2, 0.25) is 0 Å². The molecule has 0 unspecified atom stereocenters. The number of amidine groups is 1. The van der Waals surface area contributed by atoms with Crippen LogP contribution in [-0.4, -0.2) is 30.9 Å². The molecule has 0 fully saturated rings. The predicted octanol–water partition coefficient (Wildman–Crippen LogP) is 1.13. The average molecular weight is 126 g/mol. The van der Waals surface area contributed by atoms with Crippen molar-refractivity contribution < 1.29 is 0 Å². The summed E-state index contributed by atoms with van der Waals surface area (Å²) in [6.45, 7) is 4.28. The van der Waals surface area contributed by atoms with Gasteiger partial charge >= 0.3 is 0 Å². The second-order valence-corrected chi connectivity index (χ2v) is 2.42. The molecule has 0 aliphatic carbocycles. The third-order valence-corrected chi connectivity index (χ3v) is 1.77. The molecule has 0 N–H and O–H groups in total. The van der Waals surface area contributed by atoms with Crippen LogP contribution in [0.1, 0.15) is 19.8 Å². The highest BCUT2D eigenvalue weighted by Crippen LogP contribution is 2.05. The molecule has 0 radical (unpaired) electrons. The quantitative estimate of drug-likeness (QED) is 0.514. The van der Waals surface area contributed by atoms with E-state index in [1.54, 1.807) is 0 Å². The fourth-order valence-electron chi connectivity index (χ4n) is 1.02. The molecule has 0 aromatic heterocycles. The summed E-state index contributed by atoms with van der Waals surface area (Å²) in [5, 5.41) is 0. The van der Waals surface area contributed by atoms with Crippen LogP contribution in [-0.2, 0) is 0 Å². The molecule has 0 atom stereocenters. The van der Waals surface area contributed by atoms with E-state index >= 15 is 0 Å². The van der Waals surface area contributed by atoms with Crippen molar-refractivity contribution in [1.82, 2.24) is 4.90 Å². The van der Waals surface area contributed by atoms with E-state index in [1.165, 1.54) is 18.7 Å². The van der Waals surface area contributed by atoms with Gasteiger partial charge in [-0.2, -0.15) is 0 Å². The summed E-state index contributed by atoms with van der Waals surface area (Å²) in [7, 11) is 2.10. The Hall–Kier alpha value is -0.530. The number of rotatable bonds is 1. The Morgan fingerprint density at radius 3 is 2.89 bits per heavy atom. The van der Waals surface area contributed by atoms with Crippen LogP contribution in [0.4, 0.5) is 0 Å². The van der Waals surface area contributed by atoms with Crippen molar-refractivity contribution >= 4 is 5.84 Å². The van der Waals surface area contributed by atoms with E-state index in [4.69, 9.17) is 0 Å². The topological polar surface area (TPSA) is 15.6 Å². The molecule has 9 heavy (non-hydrogen) atoms. The van der Waals surface area contributed by atoms with E-state index in [9.17, 15) is 0 Å². The molecule has 0 saturated heterocycles. The molecule has 1 heterocycles. The van der Waals surface area contributed by atoms with Gasteiger partial charge in [0.25, 0.3) is 0 Å². The Kier molecular flexibility index (Phi) is 2.09. The maximum atomic E-state index is 4.35. The molecule has 0 saturated carbocycles. The van der Waals surface area contributed by atoms with Gasteiger partial charge in [-0.25, -0.2) is 0 Å². The van der Waals surface area contributed by atoms with Gasteiger partial charge in [0.05, 0.1) is 5.84 Å². The molecule has 2 heteroatoms. The van der Waals surface area contributed by atoms with Gasteiger partial charge in [-0.15, -0.1) is 0 Å². The first kappa shape index (κ1) is 6.59. The summed E-state index contributed by atoms with van der Waals surface area (Å²) in [5.74, 6) is 1.29. The third kappa shape index (κ3) is 1.44. The largest absolute Gasteiger partial charge is 0.364 e. The molecule has 52 valence electrons. The van der Waals surface area contributed by atoms with E-state index in [-0.39, 0.29) is 0 Å². The van der Waals surface area contributed by atoms with Gasteiger partial charge in [-0.3, -0.25) is 4.99 Å². The molecule has 2 nitrogen and oxygen atoms in total. The van der Waals surface area contributed by atoms with Gasteiger partial charge in [0.1, 0.15) is 0 Å². The Labute approximate surface area is 56.6 Å². The zero-order valence-electron chi connectivity index (χ0n) is 6.22. The van der Waals surface area contributed by atoms with Crippen molar-refractivity contribution in [2.24, 2.45) is 4.99 Å². The summed E-state index contributed by atoms with van der Waals surface area (Å²) in [6, 6.07) is 0. The monoisotopic (exact) mass is 126 g/mol. The summed E-state index contributed by atoms with van der Waals surface area (Å²) < 4.78 is 0. The molecular formula is C7H14N2. The van der Waals surface area contributed by atoms with Crippen molar-refractivity contribution in [2.75, 3.05) is 20.1 Å². The third-order valence-electron chi connectivity index (χ3n) is 1.77. The van der Waals surface area contributed by atoms with Crippen LogP contribution in [0.15, 0.2) is 4.99 Å². The van der Waals surface area contributed by atoms with E-state index in [0.29, 0.717) is 0 Å². The number of nitrogens with zero attached hydrogens (tertiary/aromatic N) is 2. The van der Waals surface area contributed by atoms with Crippen molar-refractivity contribution in [3.8, 4) is 0 Å². The van der Waals surface area contributed by atoms with Gasteiger partial charge < -0.3 is 4.90 Å². The molecular weight excluding hydrogens is 112 g/mol. The van der Waals surface area contributed by atoms with Crippen LogP contribution in [0.25, 0.3) is 0 Å². The highest BCUT2D eigenvalue weighted by Gasteiger charge is 2.08. The molecule has 0 amide bonds. The average Bonchev–Trinajstić information content (AvgIpc) is 2.37. The van der Waals surface area contributed by atoms with Crippen molar-refractivity contribution in [1.29, 1.82) is 0 Å². The Bertz CT molecular complexity index is 118. The first-order chi connectivity index (χ1) is 4.34. The Balaban J connectivity index is 2.40. The maximum absolute atomic E-state index is 4.35. The molecule has 1 rings (SSSR count). The van der Waals surface area contributed by atoms with Crippen LogP contribution < -0.4 is 0 Å². The van der Waals surface area contributed by atoms with Gasteiger partial charge in [-0.1, -0.05) is 0 Å². The number of hydrogen-bond acceptors (Lipinski definition) is 2. The summed E-state index contributed by atoms with van der Waals surface area (Å²) in [6.07, 6.45) is 2.43. The Morgan fingerprint density at radius 2 is 2.44 bits per heavy atom. The fraction of sp³-hybridized carbons (Fsp3) is 0.857. The van der Waals surface area contributed by atoms with E-state index in [2.05, 4.69) is 23.9 Å². The Morgan fingerprint density at radius 1 is 1.67 bits per heavy atom. The minimum atomic E-state index is 1.04.